The van der Waals surface area contributed by atoms with Crippen LogP contribution in [0.4, 0.5) is 0 Å². The van der Waals surface area contributed by atoms with Crippen LogP contribution in [0.3, 0.4) is 0 Å². The maximum Gasteiger partial charge on any atom is 0.273 e. The number of likely N-dealkylation sites (tertiary alicyclic amines) is 2. The van der Waals surface area contributed by atoms with E-state index in [1.807, 2.05) is 19.9 Å². The van der Waals surface area contributed by atoms with Gasteiger partial charge in [0, 0.05) is 29.9 Å². The number of pyridine rings is 2. The minimum atomic E-state index is -0.788. The van der Waals surface area contributed by atoms with Gasteiger partial charge in [-0.05, 0) is 55.2 Å². The number of aromatic nitrogens is 2. The number of nitrogens with zero attached hydrogens (tertiary/aromatic N) is 4. The fraction of sp³-hybridized carbons (Fsp3) is 0.357. The van der Waals surface area contributed by atoms with Gasteiger partial charge < -0.3 is 15.1 Å². The van der Waals surface area contributed by atoms with Gasteiger partial charge in [-0.1, -0.05) is 26.0 Å². The van der Waals surface area contributed by atoms with Crippen molar-refractivity contribution in [1.82, 2.24) is 25.1 Å². The molecule has 1 aromatic carbocycles. The summed E-state index contributed by atoms with van der Waals surface area (Å²) in [5.74, 6) is -0.997. The first-order valence-electron chi connectivity index (χ1n) is 12.5. The predicted molar refractivity (Wildman–Crippen MR) is 137 cm³/mol. The van der Waals surface area contributed by atoms with Crippen LogP contribution in [0.25, 0.3) is 10.9 Å². The minimum Gasteiger partial charge on any atom is -0.340 e. The third-order valence-electron chi connectivity index (χ3n) is 7.03. The Morgan fingerprint density at radius 3 is 2.59 bits per heavy atom. The molecule has 3 unspecified atom stereocenters. The number of carbonyl (C=O) groups excluding carboxylic acids is 4. The van der Waals surface area contributed by atoms with Gasteiger partial charge in [-0.2, -0.15) is 0 Å². The summed E-state index contributed by atoms with van der Waals surface area (Å²) in [6, 6.07) is 12.1. The number of hydrogen-bond donors (Lipinski definition) is 1. The summed E-state index contributed by atoms with van der Waals surface area (Å²) < 4.78 is 0. The second kappa shape index (κ2) is 10.1. The first-order chi connectivity index (χ1) is 17.8. The third kappa shape index (κ3) is 4.81. The average molecular weight is 500 g/mol. The van der Waals surface area contributed by atoms with Crippen molar-refractivity contribution in [2.75, 3.05) is 13.1 Å². The molecule has 2 aromatic heterocycles. The van der Waals surface area contributed by atoms with Crippen molar-refractivity contribution in [3.8, 4) is 0 Å². The fourth-order valence-corrected chi connectivity index (χ4v) is 5.33. The normalized spacial score (nSPS) is 19.8. The molecule has 0 saturated carbocycles. The lowest BCUT2D eigenvalue weighted by Gasteiger charge is -2.29. The molecule has 0 aliphatic carbocycles. The van der Waals surface area contributed by atoms with E-state index < -0.39 is 18.1 Å². The van der Waals surface area contributed by atoms with Crippen molar-refractivity contribution in [2.45, 2.75) is 44.8 Å². The van der Waals surface area contributed by atoms with Crippen molar-refractivity contribution < 1.29 is 19.2 Å². The summed E-state index contributed by atoms with van der Waals surface area (Å²) in [5, 5.41) is 3.74. The quantitative estimate of drug-likeness (QED) is 0.558. The maximum absolute atomic E-state index is 13.7. The summed E-state index contributed by atoms with van der Waals surface area (Å²) in [6.45, 7) is 4.25. The molecule has 0 radical (unpaired) electrons. The van der Waals surface area contributed by atoms with Crippen molar-refractivity contribution >= 4 is 34.4 Å². The van der Waals surface area contributed by atoms with Crippen molar-refractivity contribution in [1.29, 1.82) is 0 Å². The largest absolute Gasteiger partial charge is 0.340 e. The Hall–Kier alpha value is -4.14. The molecule has 0 bridgehead atoms. The second-order valence-electron chi connectivity index (χ2n) is 10.0. The van der Waals surface area contributed by atoms with Gasteiger partial charge in [0.2, 0.25) is 5.91 Å². The number of nitrogens with one attached hydrogen (secondary N) is 1. The van der Waals surface area contributed by atoms with Gasteiger partial charge in [-0.3, -0.25) is 29.1 Å². The molecular formula is C28H29N5O4. The number of fused-ring (bicyclic) bond motifs is 2. The molecule has 3 amide bonds. The van der Waals surface area contributed by atoms with Gasteiger partial charge in [-0.15, -0.1) is 0 Å². The summed E-state index contributed by atoms with van der Waals surface area (Å²) in [6.07, 6.45) is 4.16. The van der Waals surface area contributed by atoms with Crippen LogP contribution in [0.15, 0.2) is 60.9 Å². The highest BCUT2D eigenvalue weighted by Crippen LogP contribution is 2.31. The molecule has 2 saturated heterocycles. The Morgan fingerprint density at radius 1 is 1.03 bits per heavy atom. The van der Waals surface area contributed by atoms with Gasteiger partial charge in [0.05, 0.1) is 18.1 Å². The molecule has 0 spiro atoms. The molecule has 190 valence electrons. The van der Waals surface area contributed by atoms with Crippen LogP contribution in [0.1, 0.15) is 47.5 Å². The van der Waals surface area contributed by atoms with Crippen LogP contribution < -0.4 is 5.32 Å². The molecule has 3 atom stereocenters. The highest BCUT2D eigenvalue weighted by molar-refractivity contribution is 6.03. The first-order valence-corrected chi connectivity index (χ1v) is 12.5. The zero-order valence-electron chi connectivity index (χ0n) is 20.8. The SMILES string of the molecule is CC(C)CC(NC(=O)c1ccc2ncccc2c1)C(=O)N1CCC2C1C(=O)CN2C(=O)c1ccccn1. The molecule has 2 aliphatic rings. The number of rotatable bonds is 6. The Bertz CT molecular complexity index is 1360. The molecule has 2 fully saturated rings. The van der Waals surface area contributed by atoms with Crippen LogP contribution in [-0.2, 0) is 9.59 Å². The Kier molecular flexibility index (Phi) is 6.69. The average Bonchev–Trinajstić information content (AvgIpc) is 3.48. The molecule has 37 heavy (non-hydrogen) atoms. The van der Waals surface area contributed by atoms with E-state index in [1.165, 1.54) is 4.90 Å². The number of Topliss-reactive ketones (excluding diaryl/α,β-unsaturated/α-hetero) is 1. The topological polar surface area (TPSA) is 113 Å². The molecule has 3 aromatic rings. The van der Waals surface area contributed by atoms with E-state index in [0.29, 0.717) is 24.9 Å². The maximum atomic E-state index is 13.7. The molecular weight excluding hydrogens is 470 g/mol. The molecule has 2 aliphatic heterocycles. The van der Waals surface area contributed by atoms with Crippen LogP contribution in [0, 0.1) is 5.92 Å². The second-order valence-corrected chi connectivity index (χ2v) is 10.0. The Balaban J connectivity index is 1.34. The number of carbonyl (C=O) groups is 4. The zero-order valence-corrected chi connectivity index (χ0v) is 20.8. The van der Waals surface area contributed by atoms with Crippen LogP contribution in [0.5, 0.6) is 0 Å². The lowest BCUT2D eigenvalue weighted by atomic mass is 10.0. The standard InChI is InChI=1S/C28H29N5O4/c1-17(2)14-22(31-26(35)19-8-9-20-18(15-19)6-5-12-29-20)28(37)32-13-10-23-25(32)24(34)16-33(23)27(36)21-7-3-4-11-30-21/h3-9,11-12,15,17,22-23,25H,10,13-14,16H2,1-2H3,(H,31,35). The van der Waals surface area contributed by atoms with Crippen molar-refractivity contribution in [3.63, 3.8) is 0 Å². The summed E-state index contributed by atoms with van der Waals surface area (Å²) in [7, 11) is 0. The Morgan fingerprint density at radius 2 is 1.84 bits per heavy atom. The van der Waals surface area contributed by atoms with E-state index in [0.717, 1.165) is 10.9 Å². The van der Waals surface area contributed by atoms with Gasteiger partial charge >= 0.3 is 0 Å². The van der Waals surface area contributed by atoms with E-state index in [9.17, 15) is 19.2 Å². The number of hydrogen-bond acceptors (Lipinski definition) is 6. The van der Waals surface area contributed by atoms with Gasteiger partial charge in [-0.25, -0.2) is 0 Å². The van der Waals surface area contributed by atoms with Crippen LogP contribution in [0.2, 0.25) is 0 Å². The highest BCUT2D eigenvalue weighted by Gasteiger charge is 2.52. The van der Waals surface area contributed by atoms with E-state index in [-0.39, 0.29) is 41.7 Å². The minimum absolute atomic E-state index is 0.0547. The van der Waals surface area contributed by atoms with E-state index in [2.05, 4.69) is 15.3 Å². The van der Waals surface area contributed by atoms with Crippen molar-refractivity contribution in [3.05, 3.63) is 72.2 Å². The smallest absolute Gasteiger partial charge is 0.273 e. The lowest BCUT2D eigenvalue weighted by molar-refractivity contribution is -0.138. The summed E-state index contributed by atoms with van der Waals surface area (Å²) >= 11 is 0. The monoisotopic (exact) mass is 499 g/mol. The number of amides is 3. The highest BCUT2D eigenvalue weighted by atomic mass is 16.2. The number of ketones is 1. The molecule has 5 rings (SSSR count). The van der Waals surface area contributed by atoms with Gasteiger partial charge in [0.25, 0.3) is 11.8 Å². The molecule has 1 N–H and O–H groups in total. The molecule has 9 nitrogen and oxygen atoms in total. The third-order valence-corrected chi connectivity index (χ3v) is 7.03. The fourth-order valence-electron chi connectivity index (χ4n) is 5.33. The summed E-state index contributed by atoms with van der Waals surface area (Å²) in [4.78, 5) is 64.4. The van der Waals surface area contributed by atoms with Crippen LogP contribution in [-0.4, -0.2) is 74.5 Å². The first kappa shape index (κ1) is 24.5. The van der Waals surface area contributed by atoms with E-state index in [4.69, 9.17) is 0 Å². The predicted octanol–water partition coefficient (Wildman–Crippen LogP) is 2.47. The summed E-state index contributed by atoms with van der Waals surface area (Å²) in [5.41, 5.74) is 1.49. The van der Waals surface area contributed by atoms with E-state index in [1.54, 1.807) is 59.8 Å². The van der Waals surface area contributed by atoms with Gasteiger partial charge in [0.15, 0.2) is 5.78 Å². The van der Waals surface area contributed by atoms with E-state index >= 15 is 0 Å². The Labute approximate surface area is 214 Å². The van der Waals surface area contributed by atoms with Crippen LogP contribution >= 0.6 is 0 Å². The molecule has 4 heterocycles. The zero-order chi connectivity index (χ0) is 26.1. The lowest BCUT2D eigenvalue weighted by Crippen LogP contribution is -2.53. The number of benzene rings is 1. The van der Waals surface area contributed by atoms with Gasteiger partial charge in [0.1, 0.15) is 17.8 Å². The molecule has 9 heteroatoms. The van der Waals surface area contributed by atoms with Crippen molar-refractivity contribution in [2.24, 2.45) is 5.92 Å².